The molecule has 0 unspecified atom stereocenters. The highest BCUT2D eigenvalue weighted by Gasteiger charge is 2.12. The normalized spacial score (nSPS) is 11.4. The number of hydrogen-bond acceptors (Lipinski definition) is 1. The molecule has 1 N–H and O–H groups in total. The van der Waals surface area contributed by atoms with E-state index in [0.29, 0.717) is 0 Å². The van der Waals surface area contributed by atoms with Gasteiger partial charge in [-0.15, -0.1) is 0 Å². The van der Waals surface area contributed by atoms with Crippen LogP contribution in [-0.4, -0.2) is 5.11 Å². The molecule has 0 spiro atoms. The minimum Gasteiger partial charge on any atom is -0.508 e. The molecule has 0 bridgehead atoms. The van der Waals surface area contributed by atoms with Crippen LogP contribution in [0.4, 0.5) is 0 Å². The first-order valence-corrected chi connectivity index (χ1v) is 21.3. The van der Waals surface area contributed by atoms with E-state index in [2.05, 4.69) is 213 Å². The summed E-state index contributed by atoms with van der Waals surface area (Å²) in [5, 5.41) is 25.5. The van der Waals surface area contributed by atoms with Crippen molar-refractivity contribution in [1.82, 2.24) is 0 Å². The van der Waals surface area contributed by atoms with Gasteiger partial charge in [-0.25, -0.2) is 0 Å². The summed E-state index contributed by atoms with van der Waals surface area (Å²) >= 11 is 0. The maximum Gasteiger partial charge on any atom is 0.116 e. The molecule has 0 aliphatic carbocycles. The lowest BCUT2D eigenvalue weighted by Gasteiger charge is -2.12. The number of aromatic hydroxyl groups is 1. The summed E-state index contributed by atoms with van der Waals surface area (Å²) < 4.78 is 0. The first kappa shape index (κ1) is 37.0. The summed E-state index contributed by atoms with van der Waals surface area (Å²) in [6.07, 6.45) is 0. The summed E-state index contributed by atoms with van der Waals surface area (Å²) in [6.45, 7) is 2.14. The number of fused-ring (bicyclic) bond motifs is 12. The van der Waals surface area contributed by atoms with Crippen molar-refractivity contribution < 1.29 is 5.11 Å². The van der Waals surface area contributed by atoms with Gasteiger partial charge in [0.2, 0.25) is 0 Å². The van der Waals surface area contributed by atoms with Crippen molar-refractivity contribution >= 4 is 64.6 Å². The van der Waals surface area contributed by atoms with Gasteiger partial charge in [0.1, 0.15) is 5.75 Å². The Kier molecular flexibility index (Phi) is 9.29. The zero-order chi connectivity index (χ0) is 41.6. The van der Waals surface area contributed by atoms with Crippen LogP contribution in [0.25, 0.3) is 109 Å². The third-order valence-corrected chi connectivity index (χ3v) is 12.4. The van der Waals surface area contributed by atoms with E-state index in [0.717, 1.165) is 11.1 Å². The molecule has 12 aromatic carbocycles. The van der Waals surface area contributed by atoms with Gasteiger partial charge in [-0.05, 0) is 152 Å². The molecule has 0 aromatic heterocycles. The number of phenolic OH excluding ortho intramolecular Hbond substituents is 1. The Morgan fingerprint density at radius 3 is 0.839 bits per heavy atom. The molecule has 292 valence electrons. The highest BCUT2D eigenvalue weighted by Crippen LogP contribution is 2.39. The SMILES string of the molecule is Cc1cccc(-c2cccc(-c3ccc4c5ccccc5c5ccccc5c4c3)c2)c1.Oc1cccc(-c2cccc(-c3ccc4c5ccccc5c5ccccc5c4c3)c2)c1. The van der Waals surface area contributed by atoms with Gasteiger partial charge < -0.3 is 5.11 Å². The van der Waals surface area contributed by atoms with Gasteiger partial charge in [-0.3, -0.25) is 0 Å². The molecular formula is C61H42O. The number of hydrogen-bond donors (Lipinski definition) is 1. The molecule has 0 saturated heterocycles. The van der Waals surface area contributed by atoms with Gasteiger partial charge in [0, 0.05) is 0 Å². The molecule has 0 saturated carbocycles. The van der Waals surface area contributed by atoms with Gasteiger partial charge >= 0.3 is 0 Å². The van der Waals surface area contributed by atoms with E-state index >= 15 is 0 Å². The van der Waals surface area contributed by atoms with Crippen LogP contribution in [0, 0.1) is 6.92 Å². The second-order valence-corrected chi connectivity index (χ2v) is 16.3. The molecule has 0 radical (unpaired) electrons. The summed E-state index contributed by atoms with van der Waals surface area (Å²) in [5.74, 6) is 0.284. The number of aryl methyl sites for hydroxylation is 1. The second-order valence-electron chi connectivity index (χ2n) is 16.3. The molecule has 0 heterocycles. The van der Waals surface area contributed by atoms with Crippen LogP contribution in [0.5, 0.6) is 5.75 Å². The Morgan fingerprint density at radius 1 is 0.210 bits per heavy atom. The Hall–Kier alpha value is -8.00. The molecule has 0 atom stereocenters. The fraction of sp³-hybridized carbons (Fsp3) is 0.0164. The van der Waals surface area contributed by atoms with Crippen molar-refractivity contribution in [3.8, 4) is 50.3 Å². The van der Waals surface area contributed by atoms with Crippen LogP contribution in [0.1, 0.15) is 5.56 Å². The lowest BCUT2D eigenvalue weighted by molar-refractivity contribution is 0.475. The van der Waals surface area contributed by atoms with Gasteiger partial charge in [-0.2, -0.15) is 0 Å². The molecule has 0 fully saturated rings. The number of benzene rings is 12. The quantitative estimate of drug-likeness (QED) is 0.176. The van der Waals surface area contributed by atoms with E-state index in [-0.39, 0.29) is 5.75 Å². The molecule has 12 aromatic rings. The predicted molar refractivity (Wildman–Crippen MR) is 266 cm³/mol. The Bertz CT molecular complexity index is 3360. The monoisotopic (exact) mass is 790 g/mol. The highest BCUT2D eigenvalue weighted by molar-refractivity contribution is 6.27. The van der Waals surface area contributed by atoms with Crippen molar-refractivity contribution in [3.05, 3.63) is 236 Å². The maximum atomic E-state index is 9.87. The van der Waals surface area contributed by atoms with Gasteiger partial charge in [0.15, 0.2) is 0 Å². The maximum absolute atomic E-state index is 9.87. The molecule has 1 nitrogen and oxygen atoms in total. The summed E-state index contributed by atoms with van der Waals surface area (Å²) in [4.78, 5) is 0. The standard InChI is InChI=1S/C31H22.C30H20O/c1-21-8-6-9-22(18-21)23-10-7-11-24(19-23)25-16-17-30-28-14-3-2-12-26(28)27-13-4-5-15-29(27)31(30)20-25;31-24-10-6-9-22(18-24)20-7-5-8-21(17-20)23-15-16-29-27-13-2-1-11-25(27)26-12-3-4-14-28(26)30(29)19-23/h2-20H,1H3;1-19,31H. The van der Waals surface area contributed by atoms with Crippen LogP contribution >= 0.6 is 0 Å². The Morgan fingerprint density at radius 2 is 0.484 bits per heavy atom. The van der Waals surface area contributed by atoms with E-state index in [4.69, 9.17) is 0 Å². The van der Waals surface area contributed by atoms with Crippen molar-refractivity contribution in [3.63, 3.8) is 0 Å². The Balaban J connectivity index is 0.000000139. The largest absolute Gasteiger partial charge is 0.508 e. The predicted octanol–water partition coefficient (Wildman–Crippen LogP) is 17.0. The third-order valence-electron chi connectivity index (χ3n) is 12.4. The van der Waals surface area contributed by atoms with Crippen molar-refractivity contribution in [2.45, 2.75) is 6.92 Å². The molecule has 62 heavy (non-hydrogen) atoms. The summed E-state index contributed by atoms with van der Waals surface area (Å²) in [6, 6.07) is 82.0. The minimum absolute atomic E-state index is 0.284. The fourth-order valence-corrected chi connectivity index (χ4v) is 9.44. The number of rotatable bonds is 4. The molecule has 12 rings (SSSR count). The summed E-state index contributed by atoms with van der Waals surface area (Å²) in [7, 11) is 0. The van der Waals surface area contributed by atoms with E-state index < -0.39 is 0 Å². The van der Waals surface area contributed by atoms with Crippen LogP contribution in [0.2, 0.25) is 0 Å². The second kappa shape index (κ2) is 15.6. The van der Waals surface area contributed by atoms with E-state index in [1.54, 1.807) is 12.1 Å². The molecule has 0 aliphatic heterocycles. The summed E-state index contributed by atoms with van der Waals surface area (Å²) in [5.41, 5.74) is 10.8. The first-order chi connectivity index (χ1) is 30.6. The third kappa shape index (κ3) is 6.71. The minimum atomic E-state index is 0.284. The lowest BCUT2D eigenvalue weighted by Crippen LogP contribution is -1.86. The fourth-order valence-electron chi connectivity index (χ4n) is 9.44. The van der Waals surface area contributed by atoms with Gasteiger partial charge in [-0.1, -0.05) is 200 Å². The van der Waals surface area contributed by atoms with Gasteiger partial charge in [0.05, 0.1) is 0 Å². The van der Waals surface area contributed by atoms with Crippen LogP contribution in [0.15, 0.2) is 231 Å². The van der Waals surface area contributed by atoms with E-state index in [9.17, 15) is 5.11 Å². The smallest absolute Gasteiger partial charge is 0.116 e. The van der Waals surface area contributed by atoms with Gasteiger partial charge in [0.25, 0.3) is 0 Å². The average molecular weight is 791 g/mol. The van der Waals surface area contributed by atoms with Crippen molar-refractivity contribution in [2.24, 2.45) is 0 Å². The van der Waals surface area contributed by atoms with E-state index in [1.165, 1.54) is 104 Å². The zero-order valence-electron chi connectivity index (χ0n) is 34.4. The molecule has 1 heteroatoms. The van der Waals surface area contributed by atoms with Crippen LogP contribution < -0.4 is 0 Å². The molecule has 0 aliphatic rings. The molecular weight excluding hydrogens is 749 g/mol. The van der Waals surface area contributed by atoms with Crippen LogP contribution in [0.3, 0.4) is 0 Å². The van der Waals surface area contributed by atoms with Crippen LogP contribution in [-0.2, 0) is 0 Å². The Labute approximate surface area is 361 Å². The van der Waals surface area contributed by atoms with Crippen molar-refractivity contribution in [1.29, 1.82) is 0 Å². The lowest BCUT2D eigenvalue weighted by atomic mass is 9.91. The highest BCUT2D eigenvalue weighted by atomic mass is 16.3. The topological polar surface area (TPSA) is 20.2 Å². The molecule has 0 amide bonds. The van der Waals surface area contributed by atoms with Crippen molar-refractivity contribution in [2.75, 3.05) is 0 Å². The first-order valence-electron chi connectivity index (χ1n) is 21.3. The zero-order valence-corrected chi connectivity index (χ0v) is 34.4. The van der Waals surface area contributed by atoms with E-state index in [1.807, 2.05) is 12.1 Å². The number of phenols is 1. The average Bonchev–Trinajstić information content (AvgIpc) is 3.34.